The first-order chi connectivity index (χ1) is 28.8. The topological polar surface area (TPSA) is 412 Å². The largest absolute Gasteiger partial charge is 0.790 e. The van der Waals surface area contributed by atoms with Crippen LogP contribution in [0.3, 0.4) is 0 Å². The number of Topliss-reactive ketones (excluding diaryl/α,β-unsaturated/α-hetero) is 1. The highest BCUT2D eigenvalue weighted by atomic mass is 32.2. The quantitative estimate of drug-likeness (QED) is 0.0567. The van der Waals surface area contributed by atoms with E-state index in [0.717, 1.165) is 29.0 Å². The van der Waals surface area contributed by atoms with Crippen molar-refractivity contribution < 1.29 is 90.4 Å². The Balaban J connectivity index is 1.05. The molecule has 0 aromatic carbocycles. The Morgan fingerprint density at radius 3 is 2.47 bits per heavy atom. The number of carbonyl (C=O) groups is 4. The first-order valence-electron chi connectivity index (χ1n) is 18.7. The molecule has 1 saturated heterocycles. The van der Waals surface area contributed by atoms with Crippen LogP contribution >= 0.6 is 35.2 Å². The lowest BCUT2D eigenvalue weighted by molar-refractivity contribution is -0.347. The monoisotopic (exact) mass is 955 g/mol. The van der Waals surface area contributed by atoms with Gasteiger partial charge in [-0.25, -0.2) is 19.3 Å². The number of aromatic nitrogens is 4. The third kappa shape index (κ3) is 12.0. The second-order valence-electron chi connectivity index (χ2n) is 15.3. The Hall–Kier alpha value is -3.07. The van der Waals surface area contributed by atoms with Crippen molar-refractivity contribution in [2.24, 2.45) is 10.8 Å². The van der Waals surface area contributed by atoms with Crippen LogP contribution in [-0.4, -0.2) is 120 Å². The first kappa shape index (κ1) is 49.9. The number of nitrogens with zero attached hydrogens (tertiary/aromatic N) is 4. The average molecular weight is 956 g/mol. The maximum absolute atomic E-state index is 12.9. The predicted octanol–water partition coefficient (Wildman–Crippen LogP) is -3.04. The lowest BCUT2D eigenvalue weighted by Crippen LogP contribution is -2.46. The zero-order valence-corrected chi connectivity index (χ0v) is 36.7. The molecule has 3 heterocycles. The number of carbonyl (C=O) groups excluding carboxylic acids is 4. The predicted molar refractivity (Wildman–Crippen MR) is 203 cm³/mol. The van der Waals surface area contributed by atoms with E-state index >= 15 is 0 Å². The maximum Gasteiger partial charge on any atom is 0.274 e. The molecular weight excluding hydrogens is 911 g/mol. The van der Waals surface area contributed by atoms with Crippen molar-refractivity contribution in [3.63, 3.8) is 0 Å². The number of hydrogen-bond donors (Lipinski definition) is 6. The SMILES string of the molecule is CC(C)(COP(=O)([O-])OP(=O)([O-])OC[C@H]1O[C@@H](n2cnc3c(N)ncnc32)[C@H](O)[C@@H]1OP(=O)([O-])[O-])[C@@H](O)C(=O)NCCC(=O)NCCSC(=O)C1=C2CCC(=O)[C@@]2(C)CC[C@H]1O. The lowest BCUT2D eigenvalue weighted by Gasteiger charge is -2.36. The molecule has 2 fully saturated rings. The number of phosphoric acid groups is 3. The number of imidazole rings is 1. The summed E-state index contributed by atoms with van der Waals surface area (Å²) in [6.07, 6.45) is -7.25. The summed E-state index contributed by atoms with van der Waals surface area (Å²) in [4.78, 5) is 110. The molecule has 346 valence electrons. The fraction of sp³-hybridized carbons (Fsp3) is 0.656. The van der Waals surface area contributed by atoms with Crippen molar-refractivity contribution in [2.75, 3.05) is 37.8 Å². The van der Waals surface area contributed by atoms with Crippen LogP contribution < -0.4 is 35.9 Å². The number of rotatable bonds is 20. The number of nitrogens with two attached hydrogens (primary N) is 1. The molecule has 1 saturated carbocycles. The number of ketones is 1. The van der Waals surface area contributed by atoms with Crippen LogP contribution in [0.5, 0.6) is 0 Å². The van der Waals surface area contributed by atoms with Gasteiger partial charge in [-0.1, -0.05) is 25.6 Å². The number of hydrogen-bond acceptors (Lipinski definition) is 24. The molecule has 7 N–H and O–H groups in total. The maximum atomic E-state index is 12.9. The zero-order chi connectivity index (χ0) is 46.0. The number of thioether (sulfide) groups is 1. The van der Waals surface area contributed by atoms with Crippen molar-refractivity contribution in [1.82, 2.24) is 30.2 Å². The Labute approximate surface area is 356 Å². The number of ether oxygens (including phenoxy) is 1. The summed E-state index contributed by atoms with van der Waals surface area (Å²) < 4.78 is 60.7. The molecule has 2 aromatic heterocycles. The van der Waals surface area contributed by atoms with Crippen LogP contribution in [0, 0.1) is 10.8 Å². The molecule has 2 unspecified atom stereocenters. The van der Waals surface area contributed by atoms with Gasteiger partial charge < -0.3 is 74.1 Å². The summed E-state index contributed by atoms with van der Waals surface area (Å²) in [5.74, 6) is -1.47. The van der Waals surface area contributed by atoms with Gasteiger partial charge in [0.25, 0.3) is 15.6 Å². The second-order valence-corrected chi connectivity index (χ2v) is 20.5. The van der Waals surface area contributed by atoms with Gasteiger partial charge in [-0.05, 0) is 31.8 Å². The van der Waals surface area contributed by atoms with Gasteiger partial charge in [0.05, 0.1) is 33.5 Å². The van der Waals surface area contributed by atoms with Crippen molar-refractivity contribution in [3.8, 4) is 0 Å². The lowest BCUT2D eigenvalue weighted by atomic mass is 9.71. The van der Waals surface area contributed by atoms with Gasteiger partial charge in [0, 0.05) is 48.1 Å². The molecule has 2 aromatic rings. The third-order valence-corrected chi connectivity index (χ3v) is 14.3. The van der Waals surface area contributed by atoms with Crippen LogP contribution in [0.4, 0.5) is 5.82 Å². The third-order valence-electron chi connectivity index (χ3n) is 10.4. The summed E-state index contributed by atoms with van der Waals surface area (Å²) in [5, 5.41) is 36.4. The number of anilines is 1. The molecule has 30 heteroatoms. The number of nitrogen functional groups attached to an aromatic ring is 1. The van der Waals surface area contributed by atoms with Crippen LogP contribution in [0.25, 0.3) is 11.2 Å². The fourth-order valence-corrected chi connectivity index (χ4v) is 10.6. The Kier molecular flexibility index (Phi) is 15.8. The van der Waals surface area contributed by atoms with Gasteiger partial charge in [-0.2, -0.15) is 0 Å². The van der Waals surface area contributed by atoms with E-state index in [2.05, 4.69) is 43.5 Å². The minimum Gasteiger partial charge on any atom is -0.790 e. The van der Waals surface area contributed by atoms with Gasteiger partial charge in [0.1, 0.15) is 42.0 Å². The van der Waals surface area contributed by atoms with Gasteiger partial charge in [0.2, 0.25) is 16.9 Å². The molecule has 0 bridgehead atoms. The fourth-order valence-electron chi connectivity index (χ4n) is 7.04. The molecule has 2 amide bonds. The number of fused-ring (bicyclic) bond motifs is 2. The van der Waals surface area contributed by atoms with Crippen molar-refractivity contribution in [1.29, 1.82) is 0 Å². The highest BCUT2D eigenvalue weighted by Crippen LogP contribution is 2.57. The van der Waals surface area contributed by atoms with E-state index in [4.69, 9.17) is 10.5 Å². The minimum absolute atomic E-state index is 0.0311. The van der Waals surface area contributed by atoms with Crippen LogP contribution in [-0.2, 0) is 55.5 Å². The summed E-state index contributed by atoms with van der Waals surface area (Å²) in [6, 6.07) is 0. The number of aliphatic hydroxyl groups excluding tert-OH is 3. The summed E-state index contributed by atoms with van der Waals surface area (Å²) >= 11 is 0.888. The molecule has 26 nitrogen and oxygen atoms in total. The van der Waals surface area contributed by atoms with E-state index in [1.165, 1.54) is 13.8 Å². The van der Waals surface area contributed by atoms with Crippen LogP contribution in [0.2, 0.25) is 0 Å². The Bertz CT molecular complexity index is 2220. The molecular formula is C32H44N7O19P3S-4. The van der Waals surface area contributed by atoms with Crippen LogP contribution in [0.1, 0.15) is 59.1 Å². The molecule has 9 atom stereocenters. The standard InChI is InChI=1S/C32H48N7O19P3S/c1-31(2,25(44)28(45)35-9-7-20(42)34-10-11-62-30(46)21-16-4-5-19(41)32(16,3)8-6-17(21)40)13-55-61(52,53)58-60(50,51)54-12-18-24(57-59(47,48)49)23(43)29(56-18)39-15-38-22-26(33)36-14-37-27(22)39/h14-15,17-18,23-25,29,40,43-44H,4-13H2,1-3H3,(H,34,42)(H,35,45)(H,50,51)(H,52,53)(H2,33,36,37)(H2,47,48,49)/p-4/t17-,18-,23-,24-,25+,29-,32+/m1/s1. The van der Waals surface area contributed by atoms with Gasteiger partial charge in [-0.3, -0.25) is 32.9 Å². The molecule has 0 radical (unpaired) electrons. The average Bonchev–Trinajstić information content (AvgIpc) is 3.83. The highest BCUT2D eigenvalue weighted by Gasteiger charge is 2.49. The number of allylic oxidation sites excluding steroid dienone is 1. The van der Waals surface area contributed by atoms with E-state index in [9.17, 15) is 67.8 Å². The minimum atomic E-state index is -5.94. The summed E-state index contributed by atoms with van der Waals surface area (Å²) in [5.41, 5.74) is 4.19. The van der Waals surface area contributed by atoms with Gasteiger partial charge in [0.15, 0.2) is 17.7 Å². The Morgan fingerprint density at radius 1 is 1.08 bits per heavy atom. The summed E-state index contributed by atoms with van der Waals surface area (Å²) in [7, 11) is -17.7. The number of nitrogens with one attached hydrogen (secondary N) is 2. The van der Waals surface area contributed by atoms with E-state index in [1.54, 1.807) is 6.92 Å². The smallest absolute Gasteiger partial charge is 0.274 e. The molecule has 2 aliphatic carbocycles. The first-order valence-corrected chi connectivity index (χ1v) is 24.1. The molecule has 3 aliphatic rings. The number of aliphatic hydroxyl groups is 3. The second kappa shape index (κ2) is 19.6. The van der Waals surface area contributed by atoms with Crippen molar-refractivity contribution in [2.45, 2.75) is 89.6 Å². The van der Waals surface area contributed by atoms with Crippen LogP contribution in [0.15, 0.2) is 23.8 Å². The number of phosphoric ester groups is 3. The van der Waals surface area contributed by atoms with E-state index in [0.29, 0.717) is 31.3 Å². The molecule has 0 spiro atoms. The van der Waals surface area contributed by atoms with E-state index < -0.39 is 96.1 Å². The van der Waals surface area contributed by atoms with Gasteiger partial charge >= 0.3 is 0 Å². The normalized spacial score (nSPS) is 26.8. The molecule has 1 aliphatic heterocycles. The van der Waals surface area contributed by atoms with Crippen molar-refractivity contribution >= 4 is 74.9 Å². The molecule has 5 rings (SSSR count). The van der Waals surface area contributed by atoms with E-state index in [-0.39, 0.29) is 58.7 Å². The molecule has 62 heavy (non-hydrogen) atoms. The number of amides is 2. The summed E-state index contributed by atoms with van der Waals surface area (Å²) in [6.45, 7) is 1.60. The van der Waals surface area contributed by atoms with E-state index in [1.807, 2.05) is 0 Å². The Morgan fingerprint density at radius 2 is 1.77 bits per heavy atom. The van der Waals surface area contributed by atoms with Crippen molar-refractivity contribution in [3.05, 3.63) is 23.8 Å². The zero-order valence-electron chi connectivity index (χ0n) is 33.2. The van der Waals surface area contributed by atoms with Gasteiger partial charge in [-0.15, -0.1) is 0 Å². The highest BCUT2D eigenvalue weighted by molar-refractivity contribution is 8.14.